The molecule has 1 aromatic carbocycles. The lowest BCUT2D eigenvalue weighted by atomic mass is 10.0. The van der Waals surface area contributed by atoms with Crippen molar-refractivity contribution in [2.45, 2.75) is 18.9 Å². The lowest BCUT2D eigenvalue weighted by molar-refractivity contribution is 0.116. The van der Waals surface area contributed by atoms with Crippen LogP contribution in [0.1, 0.15) is 24.4 Å². The highest BCUT2D eigenvalue weighted by Gasteiger charge is 2.31. The second kappa shape index (κ2) is 3.44. The maximum Gasteiger partial charge on any atom is 0.123 e. The second-order valence-corrected chi connectivity index (χ2v) is 3.50. The SMILES string of the molecule is ONC(c1ccc(F)cc1)C1CC1. The molecule has 0 amide bonds. The van der Waals surface area contributed by atoms with Crippen LogP contribution >= 0.6 is 0 Å². The van der Waals surface area contributed by atoms with Crippen LogP contribution < -0.4 is 5.48 Å². The Bertz CT molecular complexity index is 281. The van der Waals surface area contributed by atoms with Crippen LogP contribution in [0.4, 0.5) is 4.39 Å². The maximum atomic E-state index is 12.6. The largest absolute Gasteiger partial charge is 0.316 e. The summed E-state index contributed by atoms with van der Waals surface area (Å²) < 4.78 is 12.6. The Morgan fingerprint density at radius 1 is 1.31 bits per heavy atom. The van der Waals surface area contributed by atoms with E-state index in [1.54, 1.807) is 12.1 Å². The van der Waals surface area contributed by atoms with Crippen molar-refractivity contribution in [3.63, 3.8) is 0 Å². The molecule has 1 atom stereocenters. The average Bonchev–Trinajstić information content (AvgIpc) is 2.93. The standard InChI is InChI=1S/C10H12FNO/c11-9-5-3-8(4-6-9)10(12-13)7-1-2-7/h3-7,10,12-13H,1-2H2. The van der Waals surface area contributed by atoms with Crippen molar-refractivity contribution in [3.8, 4) is 0 Å². The van der Waals surface area contributed by atoms with Crippen molar-refractivity contribution in [1.29, 1.82) is 0 Å². The van der Waals surface area contributed by atoms with Crippen LogP contribution in [0.5, 0.6) is 0 Å². The fraction of sp³-hybridized carbons (Fsp3) is 0.400. The third-order valence-corrected chi connectivity index (χ3v) is 2.46. The molecule has 3 heteroatoms. The zero-order valence-electron chi connectivity index (χ0n) is 7.20. The smallest absolute Gasteiger partial charge is 0.123 e. The number of nitrogens with one attached hydrogen (secondary N) is 1. The number of halogens is 1. The van der Waals surface area contributed by atoms with Crippen LogP contribution in [0.25, 0.3) is 0 Å². The van der Waals surface area contributed by atoms with Gasteiger partial charge in [0.05, 0.1) is 6.04 Å². The van der Waals surface area contributed by atoms with Gasteiger partial charge < -0.3 is 5.21 Å². The Morgan fingerprint density at radius 2 is 1.92 bits per heavy atom. The summed E-state index contributed by atoms with van der Waals surface area (Å²) in [7, 11) is 0. The molecule has 13 heavy (non-hydrogen) atoms. The van der Waals surface area contributed by atoms with Gasteiger partial charge in [-0.15, -0.1) is 0 Å². The summed E-state index contributed by atoms with van der Waals surface area (Å²) in [5.74, 6) is 0.270. The molecule has 0 radical (unpaired) electrons. The molecule has 1 aliphatic rings. The molecule has 70 valence electrons. The molecular formula is C10H12FNO. The van der Waals surface area contributed by atoms with Crippen molar-refractivity contribution >= 4 is 0 Å². The summed E-state index contributed by atoms with van der Waals surface area (Å²) in [6.45, 7) is 0. The molecule has 2 nitrogen and oxygen atoms in total. The summed E-state index contributed by atoms with van der Waals surface area (Å²) in [5, 5.41) is 8.92. The molecule has 0 aliphatic heterocycles. The predicted molar refractivity (Wildman–Crippen MR) is 46.8 cm³/mol. The van der Waals surface area contributed by atoms with Gasteiger partial charge in [0.25, 0.3) is 0 Å². The van der Waals surface area contributed by atoms with Gasteiger partial charge in [0.15, 0.2) is 0 Å². The number of rotatable bonds is 3. The van der Waals surface area contributed by atoms with Gasteiger partial charge in [0.1, 0.15) is 5.82 Å². The summed E-state index contributed by atoms with van der Waals surface area (Å²) in [4.78, 5) is 0. The first-order valence-corrected chi connectivity index (χ1v) is 4.46. The monoisotopic (exact) mass is 181 g/mol. The van der Waals surface area contributed by atoms with E-state index < -0.39 is 0 Å². The van der Waals surface area contributed by atoms with Crippen molar-refractivity contribution < 1.29 is 9.60 Å². The van der Waals surface area contributed by atoms with E-state index in [-0.39, 0.29) is 11.9 Å². The molecule has 0 saturated heterocycles. The Hall–Kier alpha value is -0.930. The number of hydrogen-bond donors (Lipinski definition) is 2. The van der Waals surface area contributed by atoms with Gasteiger partial charge in [-0.05, 0) is 36.5 Å². The van der Waals surface area contributed by atoms with Gasteiger partial charge in [0.2, 0.25) is 0 Å². The third kappa shape index (κ3) is 1.87. The highest BCUT2D eigenvalue weighted by Crippen LogP contribution is 2.40. The molecule has 0 bridgehead atoms. The number of hydrogen-bond acceptors (Lipinski definition) is 2. The predicted octanol–water partition coefficient (Wildman–Crippen LogP) is 2.26. The average molecular weight is 181 g/mol. The first-order chi connectivity index (χ1) is 6.31. The molecule has 1 fully saturated rings. The zero-order valence-corrected chi connectivity index (χ0v) is 7.20. The van der Waals surface area contributed by atoms with Crippen LogP contribution in [0.2, 0.25) is 0 Å². The van der Waals surface area contributed by atoms with E-state index in [9.17, 15) is 4.39 Å². The number of hydroxylamine groups is 1. The summed E-state index contributed by atoms with van der Waals surface area (Å²) in [6.07, 6.45) is 2.27. The number of benzene rings is 1. The first-order valence-electron chi connectivity index (χ1n) is 4.46. The Labute approximate surface area is 76.3 Å². The van der Waals surface area contributed by atoms with E-state index in [0.717, 1.165) is 18.4 Å². The van der Waals surface area contributed by atoms with Crippen molar-refractivity contribution in [2.24, 2.45) is 5.92 Å². The van der Waals surface area contributed by atoms with Crippen LogP contribution in [0.15, 0.2) is 24.3 Å². The van der Waals surface area contributed by atoms with Crippen LogP contribution in [-0.4, -0.2) is 5.21 Å². The summed E-state index contributed by atoms with van der Waals surface area (Å²) in [5.41, 5.74) is 3.23. The molecule has 0 heterocycles. The minimum Gasteiger partial charge on any atom is -0.316 e. The van der Waals surface area contributed by atoms with Gasteiger partial charge >= 0.3 is 0 Å². The molecular weight excluding hydrogens is 169 g/mol. The molecule has 1 saturated carbocycles. The molecule has 1 aromatic rings. The highest BCUT2D eigenvalue weighted by molar-refractivity contribution is 5.21. The van der Waals surface area contributed by atoms with Crippen molar-refractivity contribution in [1.82, 2.24) is 5.48 Å². The van der Waals surface area contributed by atoms with Crippen molar-refractivity contribution in [2.75, 3.05) is 0 Å². The Kier molecular flexibility index (Phi) is 2.29. The van der Waals surface area contributed by atoms with Gasteiger partial charge in [-0.25, -0.2) is 4.39 Å². The van der Waals surface area contributed by atoms with E-state index in [0.29, 0.717) is 5.92 Å². The van der Waals surface area contributed by atoms with Gasteiger partial charge in [0, 0.05) is 0 Å². The van der Waals surface area contributed by atoms with E-state index in [1.165, 1.54) is 12.1 Å². The molecule has 0 spiro atoms. The summed E-state index contributed by atoms with van der Waals surface area (Å²) in [6, 6.07) is 6.23. The normalized spacial score (nSPS) is 18.6. The van der Waals surface area contributed by atoms with Gasteiger partial charge in [-0.1, -0.05) is 12.1 Å². The lowest BCUT2D eigenvalue weighted by Gasteiger charge is -2.13. The molecule has 2 rings (SSSR count). The fourth-order valence-corrected chi connectivity index (χ4v) is 1.55. The van der Waals surface area contributed by atoms with E-state index >= 15 is 0 Å². The van der Waals surface area contributed by atoms with E-state index in [2.05, 4.69) is 5.48 Å². The quantitative estimate of drug-likeness (QED) is 0.701. The van der Waals surface area contributed by atoms with Gasteiger partial charge in [-0.2, -0.15) is 5.48 Å². The molecule has 0 aromatic heterocycles. The topological polar surface area (TPSA) is 32.3 Å². The van der Waals surface area contributed by atoms with Crippen LogP contribution in [-0.2, 0) is 0 Å². The van der Waals surface area contributed by atoms with Gasteiger partial charge in [-0.3, -0.25) is 0 Å². The minimum atomic E-state index is -0.240. The summed E-state index contributed by atoms with van der Waals surface area (Å²) >= 11 is 0. The van der Waals surface area contributed by atoms with E-state index in [1.807, 2.05) is 0 Å². The lowest BCUT2D eigenvalue weighted by Crippen LogP contribution is -2.18. The molecule has 2 N–H and O–H groups in total. The maximum absolute atomic E-state index is 12.6. The minimum absolute atomic E-state index is 0.0272. The fourth-order valence-electron chi connectivity index (χ4n) is 1.55. The van der Waals surface area contributed by atoms with Crippen molar-refractivity contribution in [3.05, 3.63) is 35.6 Å². The Balaban J connectivity index is 2.17. The second-order valence-electron chi connectivity index (χ2n) is 3.50. The zero-order chi connectivity index (χ0) is 9.26. The molecule has 1 aliphatic carbocycles. The highest BCUT2D eigenvalue weighted by atomic mass is 19.1. The Morgan fingerprint density at radius 3 is 2.38 bits per heavy atom. The van der Waals surface area contributed by atoms with Crippen LogP contribution in [0.3, 0.4) is 0 Å². The van der Waals surface area contributed by atoms with E-state index in [4.69, 9.17) is 5.21 Å². The third-order valence-electron chi connectivity index (χ3n) is 2.46. The van der Waals surface area contributed by atoms with Crippen LogP contribution in [0, 0.1) is 11.7 Å². The molecule has 1 unspecified atom stereocenters. The first kappa shape index (κ1) is 8.66.